The predicted molar refractivity (Wildman–Crippen MR) is 77.4 cm³/mol. The maximum Gasteiger partial charge on any atom is 0.204 e. The summed E-state index contributed by atoms with van der Waals surface area (Å²) in [6, 6.07) is 8.64. The molecule has 0 unspecified atom stereocenters. The highest BCUT2D eigenvalue weighted by atomic mass is 15.5. The van der Waals surface area contributed by atoms with Crippen LogP contribution in [0.15, 0.2) is 36.8 Å². The van der Waals surface area contributed by atoms with Gasteiger partial charge in [-0.25, -0.2) is 4.98 Å². The fourth-order valence-electron chi connectivity index (χ4n) is 2.40. The van der Waals surface area contributed by atoms with Crippen molar-refractivity contribution in [1.82, 2.24) is 30.2 Å². The van der Waals surface area contributed by atoms with E-state index in [4.69, 9.17) is 0 Å². The summed E-state index contributed by atoms with van der Waals surface area (Å²) in [5.74, 6) is 0.599. The monoisotopic (exact) mass is 281 g/mol. The molecule has 2 heterocycles. The van der Waals surface area contributed by atoms with Gasteiger partial charge in [0.1, 0.15) is 0 Å². The van der Waals surface area contributed by atoms with Crippen molar-refractivity contribution in [2.24, 2.45) is 0 Å². The Hall–Kier alpha value is -2.70. The van der Waals surface area contributed by atoms with Crippen molar-refractivity contribution in [2.45, 2.75) is 25.4 Å². The Bertz CT molecular complexity index is 727. The predicted octanol–water partition coefficient (Wildman–Crippen LogP) is 2.01. The molecule has 0 saturated heterocycles. The van der Waals surface area contributed by atoms with Crippen LogP contribution in [-0.2, 0) is 6.54 Å². The SMILES string of the molecule is c1cc(NCc2cncn2C2CC2)cc(-c2nn[nH]n2)c1. The van der Waals surface area contributed by atoms with Crippen LogP contribution in [0.25, 0.3) is 11.4 Å². The third kappa shape index (κ3) is 2.49. The van der Waals surface area contributed by atoms with E-state index in [1.54, 1.807) is 0 Å². The summed E-state index contributed by atoms with van der Waals surface area (Å²) in [4.78, 5) is 4.24. The van der Waals surface area contributed by atoms with Crippen LogP contribution in [0.5, 0.6) is 0 Å². The number of nitrogens with zero attached hydrogens (tertiary/aromatic N) is 5. The van der Waals surface area contributed by atoms with E-state index in [0.717, 1.165) is 17.8 Å². The molecule has 21 heavy (non-hydrogen) atoms. The average Bonchev–Trinajstić information content (AvgIpc) is 3.04. The van der Waals surface area contributed by atoms with E-state index in [0.29, 0.717) is 11.9 Å². The van der Waals surface area contributed by atoms with Gasteiger partial charge in [0.2, 0.25) is 5.82 Å². The lowest BCUT2D eigenvalue weighted by atomic mass is 10.2. The van der Waals surface area contributed by atoms with Crippen molar-refractivity contribution >= 4 is 5.69 Å². The summed E-state index contributed by atoms with van der Waals surface area (Å²) in [7, 11) is 0. The molecule has 1 fully saturated rings. The molecular weight excluding hydrogens is 266 g/mol. The first kappa shape index (κ1) is 12.1. The maximum atomic E-state index is 4.24. The third-order valence-corrected chi connectivity index (χ3v) is 3.63. The highest BCUT2D eigenvalue weighted by Gasteiger charge is 2.24. The Balaban J connectivity index is 1.49. The van der Waals surface area contributed by atoms with Gasteiger partial charge in [0.25, 0.3) is 0 Å². The molecule has 7 nitrogen and oxygen atoms in total. The van der Waals surface area contributed by atoms with Gasteiger partial charge in [-0.2, -0.15) is 5.21 Å². The van der Waals surface area contributed by atoms with Crippen molar-refractivity contribution in [3.63, 3.8) is 0 Å². The van der Waals surface area contributed by atoms with Crippen molar-refractivity contribution in [3.05, 3.63) is 42.5 Å². The molecular formula is C14H15N7. The van der Waals surface area contributed by atoms with E-state index >= 15 is 0 Å². The molecule has 2 N–H and O–H groups in total. The molecule has 0 aliphatic heterocycles. The Morgan fingerprint density at radius 3 is 3.10 bits per heavy atom. The van der Waals surface area contributed by atoms with Crippen LogP contribution in [0.4, 0.5) is 5.69 Å². The molecule has 0 radical (unpaired) electrons. The van der Waals surface area contributed by atoms with Gasteiger partial charge in [-0.05, 0) is 30.2 Å². The molecule has 1 aliphatic rings. The number of anilines is 1. The first-order valence-electron chi connectivity index (χ1n) is 6.98. The van der Waals surface area contributed by atoms with Gasteiger partial charge in [-0.3, -0.25) is 0 Å². The molecule has 106 valence electrons. The largest absolute Gasteiger partial charge is 0.379 e. The molecule has 0 bridgehead atoms. The Labute approximate surface area is 121 Å². The lowest BCUT2D eigenvalue weighted by Gasteiger charge is -2.09. The maximum absolute atomic E-state index is 4.24. The molecule has 1 saturated carbocycles. The fourth-order valence-corrected chi connectivity index (χ4v) is 2.40. The molecule has 4 rings (SSSR count). The second kappa shape index (κ2) is 5.01. The number of aromatic nitrogens is 6. The van der Waals surface area contributed by atoms with E-state index in [2.05, 4.69) is 35.5 Å². The summed E-state index contributed by atoms with van der Waals surface area (Å²) < 4.78 is 2.26. The van der Waals surface area contributed by atoms with Gasteiger partial charge in [0, 0.05) is 23.5 Å². The van der Waals surface area contributed by atoms with Crippen LogP contribution in [-0.4, -0.2) is 30.2 Å². The number of rotatable bonds is 5. The minimum absolute atomic E-state index is 0.599. The molecule has 0 atom stereocenters. The van der Waals surface area contributed by atoms with Gasteiger partial charge in [-0.15, -0.1) is 10.2 Å². The normalized spacial score (nSPS) is 14.3. The molecule has 3 aromatic rings. The first-order chi connectivity index (χ1) is 10.4. The topological polar surface area (TPSA) is 84.3 Å². The zero-order chi connectivity index (χ0) is 14.1. The van der Waals surface area contributed by atoms with E-state index < -0.39 is 0 Å². The smallest absolute Gasteiger partial charge is 0.204 e. The molecule has 1 aliphatic carbocycles. The number of hydrogen-bond acceptors (Lipinski definition) is 5. The highest BCUT2D eigenvalue weighted by molar-refractivity contribution is 5.61. The molecule has 2 aromatic heterocycles. The summed E-state index contributed by atoms with van der Waals surface area (Å²) in [5.41, 5.74) is 3.17. The van der Waals surface area contributed by atoms with Gasteiger partial charge >= 0.3 is 0 Å². The van der Waals surface area contributed by atoms with Crippen LogP contribution < -0.4 is 5.32 Å². The highest BCUT2D eigenvalue weighted by Crippen LogP contribution is 2.35. The quantitative estimate of drug-likeness (QED) is 0.747. The number of benzene rings is 1. The number of imidazole rings is 1. The Kier molecular flexibility index (Phi) is 2.88. The van der Waals surface area contributed by atoms with Crippen LogP contribution >= 0.6 is 0 Å². The van der Waals surface area contributed by atoms with Crippen molar-refractivity contribution in [1.29, 1.82) is 0 Å². The molecule has 1 aromatic carbocycles. The van der Waals surface area contributed by atoms with E-state index in [1.165, 1.54) is 18.5 Å². The van der Waals surface area contributed by atoms with E-state index in [9.17, 15) is 0 Å². The van der Waals surface area contributed by atoms with Crippen LogP contribution in [0.3, 0.4) is 0 Å². The van der Waals surface area contributed by atoms with Gasteiger partial charge < -0.3 is 9.88 Å². The van der Waals surface area contributed by atoms with Gasteiger partial charge in [0.05, 0.1) is 18.6 Å². The summed E-state index contributed by atoms with van der Waals surface area (Å²) >= 11 is 0. The number of H-pyrrole nitrogens is 1. The lowest BCUT2D eigenvalue weighted by molar-refractivity contribution is 0.701. The number of hydrogen-bond donors (Lipinski definition) is 2. The molecule has 0 amide bonds. The van der Waals surface area contributed by atoms with E-state index in [1.807, 2.05) is 36.8 Å². The van der Waals surface area contributed by atoms with Crippen molar-refractivity contribution in [3.8, 4) is 11.4 Å². The average molecular weight is 281 g/mol. The van der Waals surface area contributed by atoms with Gasteiger partial charge in [-0.1, -0.05) is 12.1 Å². The number of aromatic amines is 1. The minimum atomic E-state index is 0.599. The van der Waals surface area contributed by atoms with Crippen LogP contribution in [0, 0.1) is 0 Å². The third-order valence-electron chi connectivity index (χ3n) is 3.63. The first-order valence-corrected chi connectivity index (χ1v) is 6.98. The Morgan fingerprint density at radius 1 is 1.33 bits per heavy atom. The zero-order valence-electron chi connectivity index (χ0n) is 11.4. The number of nitrogens with one attached hydrogen (secondary N) is 2. The summed E-state index contributed by atoms with van der Waals surface area (Å²) in [6.07, 6.45) is 6.37. The van der Waals surface area contributed by atoms with Crippen LogP contribution in [0.2, 0.25) is 0 Å². The summed E-state index contributed by atoms with van der Waals surface area (Å²) in [6.45, 7) is 0.756. The molecule has 7 heteroatoms. The summed E-state index contributed by atoms with van der Waals surface area (Å²) in [5, 5.41) is 17.5. The van der Waals surface area contributed by atoms with Crippen molar-refractivity contribution in [2.75, 3.05) is 5.32 Å². The standard InChI is InChI=1S/C14H15N7/c1-2-10(14-17-19-20-18-14)6-11(3-1)16-8-13-7-15-9-21(13)12-4-5-12/h1-3,6-7,9,12,16H,4-5,8H2,(H,17,18,19,20). The van der Waals surface area contributed by atoms with Crippen LogP contribution in [0.1, 0.15) is 24.6 Å². The number of tetrazole rings is 1. The second-order valence-corrected chi connectivity index (χ2v) is 5.19. The molecule has 0 spiro atoms. The van der Waals surface area contributed by atoms with Gasteiger partial charge in [0.15, 0.2) is 0 Å². The zero-order valence-corrected chi connectivity index (χ0v) is 11.4. The van der Waals surface area contributed by atoms with E-state index in [-0.39, 0.29) is 0 Å². The second-order valence-electron chi connectivity index (χ2n) is 5.19. The Morgan fingerprint density at radius 2 is 2.29 bits per heavy atom. The van der Waals surface area contributed by atoms with Crippen molar-refractivity contribution < 1.29 is 0 Å². The lowest BCUT2D eigenvalue weighted by Crippen LogP contribution is -2.05. The fraction of sp³-hybridized carbons (Fsp3) is 0.286. The minimum Gasteiger partial charge on any atom is -0.379 e.